The fourth-order valence-corrected chi connectivity index (χ4v) is 2.73. The SMILES string of the molecule is CCNC(=O)c1cccc(NC(=O)NCC[C@H]2COc3ccccc3O2)c1. The van der Waals surface area contributed by atoms with E-state index in [1.807, 2.05) is 31.2 Å². The predicted octanol–water partition coefficient (Wildman–Crippen LogP) is 2.79. The number of amides is 3. The molecule has 0 saturated heterocycles. The van der Waals surface area contributed by atoms with Gasteiger partial charge in [-0.15, -0.1) is 0 Å². The summed E-state index contributed by atoms with van der Waals surface area (Å²) in [5.74, 6) is 1.29. The lowest BCUT2D eigenvalue weighted by Gasteiger charge is -2.26. The van der Waals surface area contributed by atoms with E-state index in [0.29, 0.717) is 37.4 Å². The van der Waals surface area contributed by atoms with Gasteiger partial charge in [-0.2, -0.15) is 0 Å². The van der Waals surface area contributed by atoms with Gasteiger partial charge in [-0.25, -0.2) is 4.79 Å². The molecule has 2 aromatic carbocycles. The normalized spacial score (nSPS) is 14.9. The molecule has 2 aromatic rings. The van der Waals surface area contributed by atoms with Crippen molar-refractivity contribution in [3.63, 3.8) is 0 Å². The van der Waals surface area contributed by atoms with Gasteiger partial charge in [-0.3, -0.25) is 4.79 Å². The lowest BCUT2D eigenvalue weighted by atomic mass is 10.2. The molecule has 3 rings (SSSR count). The van der Waals surface area contributed by atoms with Gasteiger partial charge in [0, 0.05) is 30.8 Å². The molecule has 27 heavy (non-hydrogen) atoms. The Morgan fingerprint density at radius 2 is 1.89 bits per heavy atom. The van der Waals surface area contributed by atoms with E-state index < -0.39 is 0 Å². The molecule has 1 aliphatic heterocycles. The molecule has 1 aliphatic rings. The second-order valence-corrected chi connectivity index (χ2v) is 6.11. The van der Waals surface area contributed by atoms with Crippen LogP contribution in [0.15, 0.2) is 48.5 Å². The Morgan fingerprint density at radius 1 is 1.07 bits per heavy atom. The number of rotatable bonds is 6. The number of para-hydroxylation sites is 2. The third-order valence-corrected chi connectivity index (χ3v) is 4.04. The average Bonchev–Trinajstić information content (AvgIpc) is 2.68. The van der Waals surface area contributed by atoms with E-state index in [-0.39, 0.29) is 18.0 Å². The summed E-state index contributed by atoms with van der Waals surface area (Å²) in [7, 11) is 0. The third kappa shape index (κ3) is 5.13. The Kier molecular flexibility index (Phi) is 6.14. The smallest absolute Gasteiger partial charge is 0.319 e. The number of urea groups is 1. The van der Waals surface area contributed by atoms with E-state index in [2.05, 4.69) is 16.0 Å². The number of ether oxygens (including phenoxy) is 2. The number of hydrogen-bond acceptors (Lipinski definition) is 4. The van der Waals surface area contributed by atoms with Gasteiger partial charge in [-0.1, -0.05) is 18.2 Å². The van der Waals surface area contributed by atoms with Gasteiger partial charge < -0.3 is 25.4 Å². The Bertz CT molecular complexity index is 809. The number of hydrogen-bond donors (Lipinski definition) is 3. The van der Waals surface area contributed by atoms with Crippen LogP contribution in [0.4, 0.5) is 10.5 Å². The summed E-state index contributed by atoms with van der Waals surface area (Å²) in [4.78, 5) is 23.9. The molecule has 0 spiro atoms. The zero-order valence-corrected chi connectivity index (χ0v) is 15.2. The number of carbonyl (C=O) groups excluding carboxylic acids is 2. The molecule has 7 nitrogen and oxygen atoms in total. The van der Waals surface area contributed by atoms with Crippen molar-refractivity contribution in [1.82, 2.24) is 10.6 Å². The molecule has 3 amide bonds. The highest BCUT2D eigenvalue weighted by Gasteiger charge is 2.20. The van der Waals surface area contributed by atoms with Gasteiger partial charge in [0.05, 0.1) is 0 Å². The molecule has 0 radical (unpaired) electrons. The zero-order valence-electron chi connectivity index (χ0n) is 15.2. The van der Waals surface area contributed by atoms with Crippen LogP contribution in [-0.4, -0.2) is 37.7 Å². The highest BCUT2D eigenvalue weighted by Crippen LogP contribution is 2.31. The van der Waals surface area contributed by atoms with E-state index in [1.54, 1.807) is 24.3 Å². The van der Waals surface area contributed by atoms with Crippen LogP contribution in [-0.2, 0) is 0 Å². The molecule has 0 aliphatic carbocycles. The van der Waals surface area contributed by atoms with Crippen LogP contribution in [0.1, 0.15) is 23.7 Å². The molecule has 7 heteroatoms. The second-order valence-electron chi connectivity index (χ2n) is 6.11. The minimum atomic E-state index is -0.333. The Morgan fingerprint density at radius 3 is 2.70 bits per heavy atom. The topological polar surface area (TPSA) is 88.7 Å². The van der Waals surface area contributed by atoms with Crippen molar-refractivity contribution in [2.75, 3.05) is 25.0 Å². The van der Waals surface area contributed by atoms with E-state index in [9.17, 15) is 9.59 Å². The number of nitrogens with one attached hydrogen (secondary N) is 3. The van der Waals surface area contributed by atoms with Crippen LogP contribution in [0.2, 0.25) is 0 Å². The molecule has 0 unspecified atom stereocenters. The van der Waals surface area contributed by atoms with Crippen LogP contribution < -0.4 is 25.4 Å². The predicted molar refractivity (Wildman–Crippen MR) is 102 cm³/mol. The van der Waals surface area contributed by atoms with Crippen molar-refractivity contribution in [1.29, 1.82) is 0 Å². The first-order valence-electron chi connectivity index (χ1n) is 8.97. The maximum Gasteiger partial charge on any atom is 0.319 e. The van der Waals surface area contributed by atoms with Crippen LogP contribution in [0.5, 0.6) is 11.5 Å². The van der Waals surface area contributed by atoms with Gasteiger partial charge in [0.25, 0.3) is 5.91 Å². The summed E-state index contributed by atoms with van der Waals surface area (Å²) in [6.45, 7) is 3.30. The maximum absolute atomic E-state index is 12.1. The Hall–Kier alpha value is -3.22. The molecule has 1 heterocycles. The van der Waals surface area contributed by atoms with E-state index in [1.165, 1.54) is 0 Å². The van der Waals surface area contributed by atoms with Crippen LogP contribution >= 0.6 is 0 Å². The lowest BCUT2D eigenvalue weighted by Crippen LogP contribution is -2.35. The number of fused-ring (bicyclic) bond motifs is 1. The van der Waals surface area contributed by atoms with Crippen LogP contribution in [0.25, 0.3) is 0 Å². The Labute approximate surface area is 158 Å². The molecule has 0 saturated carbocycles. The molecule has 3 N–H and O–H groups in total. The summed E-state index contributed by atoms with van der Waals surface area (Å²) in [6, 6.07) is 14.0. The molecular formula is C20H23N3O4. The summed E-state index contributed by atoms with van der Waals surface area (Å²) in [6.07, 6.45) is 0.516. The highest BCUT2D eigenvalue weighted by molar-refractivity contribution is 5.96. The van der Waals surface area contributed by atoms with Crippen molar-refractivity contribution in [3.05, 3.63) is 54.1 Å². The quantitative estimate of drug-likeness (QED) is 0.731. The maximum atomic E-state index is 12.1. The Balaban J connectivity index is 1.44. The van der Waals surface area contributed by atoms with Gasteiger partial charge in [0.1, 0.15) is 12.7 Å². The van der Waals surface area contributed by atoms with E-state index in [0.717, 1.165) is 11.5 Å². The van der Waals surface area contributed by atoms with E-state index in [4.69, 9.17) is 9.47 Å². The van der Waals surface area contributed by atoms with Gasteiger partial charge in [0.15, 0.2) is 11.5 Å². The van der Waals surface area contributed by atoms with Crippen molar-refractivity contribution in [3.8, 4) is 11.5 Å². The first-order valence-corrected chi connectivity index (χ1v) is 8.97. The standard InChI is InChI=1S/C20H23N3O4/c1-2-21-19(24)14-6-5-7-15(12-14)23-20(25)22-11-10-16-13-26-17-8-3-4-9-18(17)27-16/h3-9,12,16H,2,10-11,13H2,1H3,(H,21,24)(H2,22,23,25)/t16-/m0/s1. The molecule has 142 valence electrons. The van der Waals surface area contributed by atoms with Crippen molar-refractivity contribution >= 4 is 17.6 Å². The zero-order chi connectivity index (χ0) is 19.1. The van der Waals surface area contributed by atoms with Crippen molar-refractivity contribution in [2.24, 2.45) is 0 Å². The van der Waals surface area contributed by atoms with Gasteiger partial charge in [0.2, 0.25) is 0 Å². The highest BCUT2D eigenvalue weighted by atomic mass is 16.6. The largest absolute Gasteiger partial charge is 0.486 e. The first kappa shape index (κ1) is 18.6. The van der Waals surface area contributed by atoms with Crippen LogP contribution in [0, 0.1) is 0 Å². The van der Waals surface area contributed by atoms with E-state index >= 15 is 0 Å². The minimum absolute atomic E-state index is 0.110. The van der Waals surface area contributed by atoms with Crippen LogP contribution in [0.3, 0.4) is 0 Å². The first-order chi connectivity index (χ1) is 13.2. The molecule has 0 aromatic heterocycles. The summed E-state index contributed by atoms with van der Waals surface area (Å²) in [5.41, 5.74) is 1.06. The third-order valence-electron chi connectivity index (χ3n) is 4.04. The summed E-state index contributed by atoms with van der Waals surface area (Å²) in [5, 5.41) is 8.25. The number of anilines is 1. The average molecular weight is 369 g/mol. The number of benzene rings is 2. The second kappa shape index (κ2) is 8.93. The summed E-state index contributed by atoms with van der Waals surface area (Å²) >= 11 is 0. The minimum Gasteiger partial charge on any atom is -0.486 e. The monoisotopic (exact) mass is 369 g/mol. The van der Waals surface area contributed by atoms with Crippen molar-refractivity contribution < 1.29 is 19.1 Å². The molecule has 0 bridgehead atoms. The molecule has 1 atom stereocenters. The van der Waals surface area contributed by atoms with Gasteiger partial charge >= 0.3 is 6.03 Å². The van der Waals surface area contributed by atoms with Crippen molar-refractivity contribution in [2.45, 2.75) is 19.4 Å². The fraction of sp³-hybridized carbons (Fsp3) is 0.300. The lowest BCUT2D eigenvalue weighted by molar-refractivity contribution is 0.0854. The summed E-state index contributed by atoms with van der Waals surface area (Å²) < 4.78 is 11.5. The number of carbonyl (C=O) groups is 2. The fourth-order valence-electron chi connectivity index (χ4n) is 2.73. The van der Waals surface area contributed by atoms with Gasteiger partial charge in [-0.05, 0) is 37.3 Å². The molecular weight excluding hydrogens is 346 g/mol. The molecule has 0 fully saturated rings.